The number of hydrogen-bond donors (Lipinski definition) is 0. The van der Waals surface area contributed by atoms with Crippen molar-refractivity contribution in [3.8, 4) is 0 Å². The van der Waals surface area contributed by atoms with Crippen LogP contribution in [0.4, 0.5) is 0 Å². The van der Waals surface area contributed by atoms with E-state index in [9.17, 15) is 0 Å². The molecule has 1 atom stereocenters. The van der Waals surface area contributed by atoms with Crippen molar-refractivity contribution in [2.75, 3.05) is 13.2 Å². The molecule has 0 radical (unpaired) electrons. The Hall–Kier alpha value is 0.570. The molecule has 0 bridgehead atoms. The molecule has 0 amide bonds. The molecular weight excluding hydrogens is 299 g/mol. The van der Waals surface area contributed by atoms with Crippen LogP contribution in [0.25, 0.3) is 0 Å². The predicted octanol–water partition coefficient (Wildman–Crippen LogP) is 6.68. The number of unbranched alkanes of at least 4 members (excludes halogenated alkanes) is 5. The zero-order valence-corrected chi connectivity index (χ0v) is 16.7. The summed E-state index contributed by atoms with van der Waals surface area (Å²) in [6.45, 7) is 10.0. The van der Waals surface area contributed by atoms with E-state index in [1.54, 1.807) is 0 Å². The van der Waals surface area contributed by atoms with Crippen molar-refractivity contribution in [1.29, 1.82) is 0 Å². The Balaban J connectivity index is 4.80. The largest absolute Gasteiger partial charge is 0.329 e. The Morgan fingerprint density at radius 1 is 0.762 bits per heavy atom. The quantitative estimate of drug-likeness (QED) is 0.260. The third kappa shape index (κ3) is 7.59. The van der Waals surface area contributed by atoms with E-state index in [0.29, 0.717) is 13.2 Å². The van der Waals surface area contributed by atoms with Gasteiger partial charge in [0.05, 0.1) is 13.2 Å². The van der Waals surface area contributed by atoms with Crippen molar-refractivity contribution in [1.82, 2.24) is 0 Å². The standard InChI is InChI=1S/C17H37O2PS/c1-6-10-12-13-14-16-17(5,15-11-7-2)20(21,18-8-3)19-9-4/h6-16H2,1-5H3. The van der Waals surface area contributed by atoms with Crippen LogP contribution in [-0.4, -0.2) is 18.4 Å². The van der Waals surface area contributed by atoms with Gasteiger partial charge < -0.3 is 9.05 Å². The van der Waals surface area contributed by atoms with Gasteiger partial charge in [-0.1, -0.05) is 65.7 Å². The third-order valence-electron chi connectivity index (χ3n) is 4.15. The van der Waals surface area contributed by atoms with E-state index in [1.165, 1.54) is 44.9 Å². The zero-order chi connectivity index (χ0) is 16.2. The first-order chi connectivity index (χ1) is 9.99. The highest BCUT2D eigenvalue weighted by atomic mass is 32.5. The first-order valence-corrected chi connectivity index (χ1v) is 11.5. The van der Waals surface area contributed by atoms with Crippen molar-refractivity contribution in [3.05, 3.63) is 0 Å². The summed E-state index contributed by atoms with van der Waals surface area (Å²) in [6, 6.07) is 0. The van der Waals surface area contributed by atoms with E-state index in [0.717, 1.165) is 12.8 Å². The summed E-state index contributed by atoms with van der Waals surface area (Å²) in [6.07, 6.45) is 11.2. The maximum absolute atomic E-state index is 6.01. The van der Waals surface area contributed by atoms with Crippen LogP contribution in [0.15, 0.2) is 0 Å². The molecule has 0 rings (SSSR count). The van der Waals surface area contributed by atoms with Gasteiger partial charge in [-0.15, -0.1) is 0 Å². The lowest BCUT2D eigenvalue weighted by molar-refractivity contribution is 0.237. The highest BCUT2D eigenvalue weighted by Gasteiger charge is 2.41. The Labute approximate surface area is 138 Å². The van der Waals surface area contributed by atoms with Crippen molar-refractivity contribution >= 4 is 18.3 Å². The highest BCUT2D eigenvalue weighted by molar-refractivity contribution is 8.10. The first kappa shape index (κ1) is 21.6. The van der Waals surface area contributed by atoms with Gasteiger partial charge in [0.25, 0.3) is 0 Å². The van der Waals surface area contributed by atoms with Gasteiger partial charge in [-0.05, 0) is 38.5 Å². The molecule has 0 aliphatic heterocycles. The smallest absolute Gasteiger partial charge is 0.194 e. The van der Waals surface area contributed by atoms with Crippen LogP contribution in [0.5, 0.6) is 0 Å². The minimum Gasteiger partial charge on any atom is -0.329 e. The number of hydrogen-bond acceptors (Lipinski definition) is 3. The molecule has 0 aromatic rings. The Morgan fingerprint density at radius 2 is 1.24 bits per heavy atom. The molecule has 0 spiro atoms. The van der Waals surface area contributed by atoms with Gasteiger partial charge in [0.2, 0.25) is 0 Å². The molecule has 2 nitrogen and oxygen atoms in total. The fourth-order valence-corrected chi connectivity index (χ4v) is 6.18. The predicted molar refractivity (Wildman–Crippen MR) is 98.8 cm³/mol. The van der Waals surface area contributed by atoms with Gasteiger partial charge in [0.1, 0.15) is 0 Å². The third-order valence-corrected chi connectivity index (χ3v) is 9.07. The summed E-state index contributed by atoms with van der Waals surface area (Å²) < 4.78 is 12.0. The van der Waals surface area contributed by atoms with Gasteiger partial charge in [0.15, 0.2) is 6.49 Å². The lowest BCUT2D eigenvalue weighted by Crippen LogP contribution is -2.27. The highest BCUT2D eigenvalue weighted by Crippen LogP contribution is 2.64. The van der Waals surface area contributed by atoms with Crippen LogP contribution in [0, 0.1) is 0 Å². The zero-order valence-electron chi connectivity index (χ0n) is 15.0. The fourth-order valence-electron chi connectivity index (χ4n) is 2.75. The molecule has 0 saturated carbocycles. The van der Waals surface area contributed by atoms with Crippen molar-refractivity contribution in [2.24, 2.45) is 0 Å². The van der Waals surface area contributed by atoms with Crippen molar-refractivity contribution in [2.45, 2.75) is 97.6 Å². The Kier molecular flexibility index (Phi) is 12.4. The van der Waals surface area contributed by atoms with E-state index >= 15 is 0 Å². The average molecular weight is 337 g/mol. The minimum atomic E-state index is -2.19. The van der Waals surface area contributed by atoms with E-state index in [2.05, 4.69) is 20.8 Å². The van der Waals surface area contributed by atoms with Gasteiger partial charge in [0, 0.05) is 5.16 Å². The second kappa shape index (κ2) is 12.0. The maximum Gasteiger partial charge on any atom is 0.194 e. The molecule has 128 valence electrons. The summed E-state index contributed by atoms with van der Waals surface area (Å²) in [5.74, 6) is 0. The molecule has 0 aliphatic rings. The van der Waals surface area contributed by atoms with E-state index in [4.69, 9.17) is 20.9 Å². The molecule has 0 aromatic carbocycles. The van der Waals surface area contributed by atoms with Crippen LogP contribution in [0.2, 0.25) is 0 Å². The Morgan fingerprint density at radius 3 is 1.71 bits per heavy atom. The first-order valence-electron chi connectivity index (χ1n) is 8.88. The van der Waals surface area contributed by atoms with Gasteiger partial charge >= 0.3 is 0 Å². The van der Waals surface area contributed by atoms with E-state index in [-0.39, 0.29) is 5.16 Å². The Bertz CT molecular complexity index is 287. The minimum absolute atomic E-state index is 0.0383. The fraction of sp³-hybridized carbons (Fsp3) is 1.00. The molecule has 0 fully saturated rings. The summed E-state index contributed by atoms with van der Waals surface area (Å²) in [7, 11) is 0. The maximum atomic E-state index is 6.01. The number of rotatable bonds is 14. The summed E-state index contributed by atoms with van der Waals surface area (Å²) >= 11 is 5.92. The SMILES string of the molecule is CCCCCCCC(C)(CCCC)P(=S)(OCC)OCC. The van der Waals surface area contributed by atoms with Crippen LogP contribution in [0.1, 0.15) is 92.4 Å². The van der Waals surface area contributed by atoms with Crippen LogP contribution >= 0.6 is 6.49 Å². The monoisotopic (exact) mass is 336 g/mol. The summed E-state index contributed by atoms with van der Waals surface area (Å²) in [5, 5.41) is 0.0383. The van der Waals surface area contributed by atoms with E-state index < -0.39 is 6.49 Å². The van der Waals surface area contributed by atoms with Crippen molar-refractivity contribution < 1.29 is 9.05 Å². The molecule has 0 N–H and O–H groups in total. The molecule has 0 aromatic heterocycles. The molecular formula is C17H37O2PS. The van der Waals surface area contributed by atoms with Gasteiger partial charge in [-0.25, -0.2) is 0 Å². The van der Waals surface area contributed by atoms with Crippen molar-refractivity contribution in [3.63, 3.8) is 0 Å². The molecule has 0 aliphatic carbocycles. The lowest BCUT2D eigenvalue weighted by atomic mass is 9.96. The summed E-state index contributed by atoms with van der Waals surface area (Å²) in [5.41, 5.74) is 0. The second-order valence-electron chi connectivity index (χ2n) is 6.10. The molecule has 1 unspecified atom stereocenters. The molecule has 0 saturated heterocycles. The van der Waals surface area contributed by atoms with E-state index in [1.807, 2.05) is 13.8 Å². The lowest BCUT2D eigenvalue weighted by Gasteiger charge is -2.39. The van der Waals surface area contributed by atoms with Gasteiger partial charge in [-0.3, -0.25) is 0 Å². The topological polar surface area (TPSA) is 18.5 Å². The normalized spacial score (nSPS) is 15.1. The molecule has 0 heterocycles. The molecule has 21 heavy (non-hydrogen) atoms. The second-order valence-corrected chi connectivity index (χ2v) is 10.1. The van der Waals surface area contributed by atoms with Crippen LogP contribution < -0.4 is 0 Å². The van der Waals surface area contributed by atoms with Crippen LogP contribution in [-0.2, 0) is 20.9 Å². The summed E-state index contributed by atoms with van der Waals surface area (Å²) in [4.78, 5) is 0. The average Bonchev–Trinajstić information content (AvgIpc) is 2.45. The van der Waals surface area contributed by atoms with Gasteiger partial charge in [-0.2, -0.15) is 0 Å². The van der Waals surface area contributed by atoms with Crippen LogP contribution in [0.3, 0.4) is 0 Å². The molecule has 4 heteroatoms.